The molecular formula is C30H27ClN4O3S. The number of hydrogen-bond acceptors (Lipinski definition) is 6. The molecule has 1 atom stereocenters. The van der Waals surface area contributed by atoms with Crippen molar-refractivity contribution >= 4 is 51.4 Å². The average Bonchev–Trinajstić information content (AvgIpc) is 3.38. The maximum Gasteiger partial charge on any atom is 0.283 e. The topological polar surface area (TPSA) is 87.3 Å². The predicted octanol–water partition coefficient (Wildman–Crippen LogP) is 6.98. The van der Waals surface area contributed by atoms with Gasteiger partial charge in [-0.05, 0) is 71.6 Å². The molecule has 0 saturated carbocycles. The largest absolute Gasteiger partial charge is 0.490 e. The summed E-state index contributed by atoms with van der Waals surface area (Å²) < 4.78 is 11.6. The predicted molar refractivity (Wildman–Crippen MR) is 158 cm³/mol. The van der Waals surface area contributed by atoms with Gasteiger partial charge < -0.3 is 9.47 Å². The minimum Gasteiger partial charge on any atom is -0.490 e. The molecule has 2 aliphatic heterocycles. The van der Waals surface area contributed by atoms with Gasteiger partial charge in [-0.2, -0.15) is 15.1 Å². The molecule has 0 fully saturated rings. The van der Waals surface area contributed by atoms with E-state index in [0.29, 0.717) is 40.1 Å². The van der Waals surface area contributed by atoms with Crippen molar-refractivity contribution in [3.8, 4) is 11.5 Å². The Kier molecular flexibility index (Phi) is 8.14. The van der Waals surface area contributed by atoms with Crippen LogP contribution in [0.4, 0.5) is 0 Å². The molecule has 1 N–H and O–H groups in total. The van der Waals surface area contributed by atoms with Crippen molar-refractivity contribution in [1.29, 1.82) is 5.41 Å². The third-order valence-corrected chi connectivity index (χ3v) is 7.70. The molecule has 1 amide bonds. The fourth-order valence-electron chi connectivity index (χ4n) is 4.01. The summed E-state index contributed by atoms with van der Waals surface area (Å²) >= 11 is 7.52. The molecule has 1 unspecified atom stereocenters. The summed E-state index contributed by atoms with van der Waals surface area (Å²) in [7, 11) is 0. The van der Waals surface area contributed by atoms with E-state index in [1.807, 2.05) is 54.6 Å². The standard InChI is InChI=1S/C30H27ClN4O3S/c1-3-19(2)21-10-14-23(15-11-21)38-17-16-37-22-12-8-20(9-13-22)18-25-27(32)35-30(33-28(25)36)39-29(34-35)24-6-4-5-7-26(24)31/h4-15,18-19,32H,3,16-17H2,1-2H3. The second-order valence-corrected chi connectivity index (χ2v) is 10.4. The maximum atomic E-state index is 12.7. The number of carbonyl (C=O) groups excluding carboxylic acids is 1. The zero-order valence-corrected chi connectivity index (χ0v) is 23.1. The van der Waals surface area contributed by atoms with Crippen LogP contribution in [0.3, 0.4) is 0 Å². The van der Waals surface area contributed by atoms with Gasteiger partial charge in [-0.15, -0.1) is 0 Å². The number of ether oxygens (including phenoxy) is 2. The van der Waals surface area contributed by atoms with E-state index in [1.54, 1.807) is 12.1 Å². The lowest BCUT2D eigenvalue weighted by Gasteiger charge is -2.20. The van der Waals surface area contributed by atoms with Gasteiger partial charge in [0.2, 0.25) is 5.17 Å². The summed E-state index contributed by atoms with van der Waals surface area (Å²) in [5.41, 5.74) is 2.94. The first-order chi connectivity index (χ1) is 18.9. The molecule has 0 saturated heterocycles. The van der Waals surface area contributed by atoms with Crippen molar-refractivity contribution in [2.24, 2.45) is 10.1 Å². The number of thioether (sulfide) groups is 1. The van der Waals surface area contributed by atoms with E-state index < -0.39 is 5.91 Å². The van der Waals surface area contributed by atoms with Gasteiger partial charge in [0, 0.05) is 5.56 Å². The number of hydrazone groups is 1. The van der Waals surface area contributed by atoms with Crippen molar-refractivity contribution in [3.63, 3.8) is 0 Å². The van der Waals surface area contributed by atoms with Gasteiger partial charge in [0.25, 0.3) is 5.91 Å². The SMILES string of the molecule is CCC(C)c1ccc(OCCOc2ccc(C=C3C(=N)N4N=C(c5ccccc5Cl)SC4=NC3=O)cc2)cc1. The molecule has 39 heavy (non-hydrogen) atoms. The van der Waals surface area contributed by atoms with Gasteiger partial charge in [0.15, 0.2) is 5.84 Å². The van der Waals surface area contributed by atoms with Gasteiger partial charge in [-0.25, -0.2) is 0 Å². The van der Waals surface area contributed by atoms with Gasteiger partial charge in [0.05, 0.1) is 10.6 Å². The molecule has 198 valence electrons. The van der Waals surface area contributed by atoms with Gasteiger partial charge in [0.1, 0.15) is 29.8 Å². The van der Waals surface area contributed by atoms with Crippen LogP contribution < -0.4 is 9.47 Å². The zero-order valence-electron chi connectivity index (χ0n) is 21.6. The highest BCUT2D eigenvalue weighted by Crippen LogP contribution is 2.33. The Labute approximate surface area is 236 Å². The first-order valence-corrected chi connectivity index (χ1v) is 13.8. The highest BCUT2D eigenvalue weighted by Gasteiger charge is 2.36. The lowest BCUT2D eigenvalue weighted by molar-refractivity contribution is -0.114. The second kappa shape index (κ2) is 11.9. The van der Waals surface area contributed by atoms with Crippen molar-refractivity contribution in [2.75, 3.05) is 13.2 Å². The number of rotatable bonds is 9. The Hall–Kier alpha value is -3.88. The number of nitrogens with one attached hydrogen (secondary N) is 1. The zero-order chi connectivity index (χ0) is 27.4. The summed E-state index contributed by atoms with van der Waals surface area (Å²) in [4.78, 5) is 16.9. The van der Waals surface area contributed by atoms with Crippen LogP contribution in [0.2, 0.25) is 5.02 Å². The third kappa shape index (κ3) is 6.08. The molecule has 0 aliphatic carbocycles. The second-order valence-electron chi connectivity index (χ2n) is 9.05. The van der Waals surface area contributed by atoms with Gasteiger partial charge in [-0.3, -0.25) is 10.2 Å². The maximum absolute atomic E-state index is 12.7. The summed E-state index contributed by atoms with van der Waals surface area (Å²) in [6.07, 6.45) is 2.74. The lowest BCUT2D eigenvalue weighted by Crippen LogP contribution is -2.35. The number of hydrogen-bond donors (Lipinski definition) is 1. The molecule has 3 aromatic carbocycles. The molecule has 7 nitrogen and oxygen atoms in total. The smallest absolute Gasteiger partial charge is 0.283 e. The number of amidine groups is 2. The van der Waals surface area contributed by atoms with Crippen LogP contribution in [0.15, 0.2) is 88.5 Å². The fraction of sp³-hybridized carbons (Fsp3) is 0.200. The minimum absolute atomic E-state index is 0.0331. The molecular weight excluding hydrogens is 532 g/mol. The molecule has 0 radical (unpaired) electrons. The van der Waals surface area contributed by atoms with Crippen LogP contribution in [-0.2, 0) is 4.79 Å². The molecule has 9 heteroatoms. The van der Waals surface area contributed by atoms with Gasteiger partial charge in [-0.1, -0.05) is 67.9 Å². The van der Waals surface area contributed by atoms with Crippen LogP contribution in [0.1, 0.15) is 42.9 Å². The van der Waals surface area contributed by atoms with Crippen molar-refractivity contribution in [3.05, 3.63) is 100 Å². The molecule has 0 aromatic heterocycles. The third-order valence-electron chi connectivity index (χ3n) is 6.43. The van der Waals surface area contributed by atoms with Crippen LogP contribution in [0.5, 0.6) is 11.5 Å². The number of amides is 1. The highest BCUT2D eigenvalue weighted by atomic mass is 35.5. The summed E-state index contributed by atoms with van der Waals surface area (Å²) in [6, 6.07) is 22.8. The Morgan fingerprint density at radius 3 is 2.28 bits per heavy atom. The fourth-order valence-corrected chi connectivity index (χ4v) is 5.22. The summed E-state index contributed by atoms with van der Waals surface area (Å²) in [5.74, 6) is 1.52. The first kappa shape index (κ1) is 26.7. The van der Waals surface area contributed by atoms with Crippen LogP contribution >= 0.6 is 23.4 Å². The summed E-state index contributed by atoms with van der Waals surface area (Å²) in [5, 5.41) is 15.9. The normalized spacial score (nSPS) is 16.6. The van der Waals surface area contributed by atoms with E-state index >= 15 is 0 Å². The number of halogens is 1. The average molecular weight is 559 g/mol. The quantitative estimate of drug-likeness (QED) is 0.226. The molecule has 2 heterocycles. The summed E-state index contributed by atoms with van der Waals surface area (Å²) in [6.45, 7) is 5.21. The Bertz CT molecular complexity index is 1480. The first-order valence-electron chi connectivity index (χ1n) is 12.6. The number of fused-ring (bicyclic) bond motifs is 1. The van der Waals surface area contributed by atoms with E-state index in [4.69, 9.17) is 26.5 Å². The Balaban J connectivity index is 1.18. The van der Waals surface area contributed by atoms with E-state index in [2.05, 4.69) is 36.1 Å². The Morgan fingerprint density at radius 2 is 1.64 bits per heavy atom. The molecule has 0 bridgehead atoms. The van der Waals surface area contributed by atoms with Gasteiger partial charge >= 0.3 is 0 Å². The van der Waals surface area contributed by atoms with E-state index in [1.165, 1.54) is 22.3 Å². The monoisotopic (exact) mass is 558 g/mol. The molecule has 3 aromatic rings. The van der Waals surface area contributed by atoms with Crippen LogP contribution in [-0.4, -0.2) is 40.2 Å². The van der Waals surface area contributed by atoms with E-state index in [-0.39, 0.29) is 11.4 Å². The molecule has 2 aliphatic rings. The number of aliphatic imine (C=N–C) groups is 1. The highest BCUT2D eigenvalue weighted by molar-refractivity contribution is 8.27. The van der Waals surface area contributed by atoms with Crippen molar-refractivity contribution in [2.45, 2.75) is 26.2 Å². The molecule has 5 rings (SSSR count). The number of nitrogens with zero attached hydrogens (tertiary/aromatic N) is 3. The number of benzene rings is 3. The Morgan fingerprint density at radius 1 is 1.00 bits per heavy atom. The van der Waals surface area contributed by atoms with E-state index in [9.17, 15) is 4.79 Å². The van der Waals surface area contributed by atoms with Crippen molar-refractivity contribution in [1.82, 2.24) is 5.01 Å². The minimum atomic E-state index is -0.482. The lowest BCUT2D eigenvalue weighted by atomic mass is 9.99. The molecule has 0 spiro atoms. The van der Waals surface area contributed by atoms with E-state index in [0.717, 1.165) is 23.3 Å². The van der Waals surface area contributed by atoms with Crippen LogP contribution in [0, 0.1) is 5.41 Å². The van der Waals surface area contributed by atoms with Crippen LogP contribution in [0.25, 0.3) is 6.08 Å². The number of carbonyl (C=O) groups is 1. The van der Waals surface area contributed by atoms with Crippen molar-refractivity contribution < 1.29 is 14.3 Å².